The third kappa shape index (κ3) is 5.77. The Labute approximate surface area is 191 Å². The van der Waals surface area contributed by atoms with Crippen LogP contribution in [-0.4, -0.2) is 45.6 Å². The number of para-hydroxylation sites is 1. The normalized spacial score (nSPS) is 19.6. The first-order chi connectivity index (χ1) is 15.7. The molecule has 0 bridgehead atoms. The standard InChI is InChI=1S/C26H34N6/c1-3-28-26(29-18-23-11-7-8-12-25(23)32-16-14-27-20-32)30-24-13-15-31(21(2)17-24)19-22-9-5-4-6-10-22/h4-12,14,16,20-21,24H,3,13,15,17-19H2,1-2H3,(H2,28,29,30). The molecule has 1 aromatic heterocycles. The van der Waals surface area contributed by atoms with E-state index in [0.29, 0.717) is 18.6 Å². The second kappa shape index (κ2) is 11.0. The van der Waals surface area contributed by atoms with Crippen molar-refractivity contribution in [2.24, 2.45) is 4.99 Å². The zero-order valence-electron chi connectivity index (χ0n) is 19.1. The average molecular weight is 431 g/mol. The Morgan fingerprint density at radius 3 is 2.69 bits per heavy atom. The molecule has 2 atom stereocenters. The predicted molar refractivity (Wildman–Crippen MR) is 131 cm³/mol. The van der Waals surface area contributed by atoms with Crippen LogP contribution in [0.4, 0.5) is 0 Å². The van der Waals surface area contributed by atoms with E-state index < -0.39 is 0 Å². The second-order valence-electron chi connectivity index (χ2n) is 8.46. The van der Waals surface area contributed by atoms with Crippen LogP contribution in [0.1, 0.15) is 37.8 Å². The first kappa shape index (κ1) is 22.1. The highest BCUT2D eigenvalue weighted by Gasteiger charge is 2.26. The summed E-state index contributed by atoms with van der Waals surface area (Å²) in [5.41, 5.74) is 3.68. The zero-order valence-corrected chi connectivity index (χ0v) is 19.1. The molecule has 3 aromatic rings. The van der Waals surface area contributed by atoms with Crippen molar-refractivity contribution in [1.82, 2.24) is 25.1 Å². The lowest BCUT2D eigenvalue weighted by atomic mass is 9.97. The van der Waals surface area contributed by atoms with Crippen molar-refractivity contribution >= 4 is 5.96 Å². The molecule has 2 aromatic carbocycles. The molecule has 2 heterocycles. The number of hydrogen-bond donors (Lipinski definition) is 2. The number of rotatable bonds is 7. The number of benzene rings is 2. The molecule has 32 heavy (non-hydrogen) atoms. The number of hydrogen-bond acceptors (Lipinski definition) is 3. The Kier molecular flexibility index (Phi) is 7.56. The van der Waals surface area contributed by atoms with E-state index in [1.54, 1.807) is 6.20 Å². The van der Waals surface area contributed by atoms with Crippen molar-refractivity contribution < 1.29 is 0 Å². The molecule has 4 rings (SSSR count). The summed E-state index contributed by atoms with van der Waals surface area (Å²) in [7, 11) is 0. The van der Waals surface area contributed by atoms with Gasteiger partial charge in [-0.1, -0.05) is 48.5 Å². The average Bonchev–Trinajstić information content (AvgIpc) is 3.35. The van der Waals surface area contributed by atoms with Crippen molar-refractivity contribution in [2.75, 3.05) is 13.1 Å². The second-order valence-corrected chi connectivity index (χ2v) is 8.46. The summed E-state index contributed by atoms with van der Waals surface area (Å²) < 4.78 is 2.04. The quantitative estimate of drug-likeness (QED) is 0.440. The maximum Gasteiger partial charge on any atom is 0.191 e. The zero-order chi connectivity index (χ0) is 22.2. The van der Waals surface area contributed by atoms with Crippen molar-refractivity contribution in [3.8, 4) is 5.69 Å². The summed E-state index contributed by atoms with van der Waals surface area (Å²) in [4.78, 5) is 11.7. The minimum Gasteiger partial charge on any atom is -0.357 e. The van der Waals surface area contributed by atoms with E-state index in [0.717, 1.165) is 44.1 Å². The molecule has 0 saturated carbocycles. The summed E-state index contributed by atoms with van der Waals surface area (Å²) in [6.45, 7) is 8.03. The summed E-state index contributed by atoms with van der Waals surface area (Å²) >= 11 is 0. The van der Waals surface area contributed by atoms with Crippen molar-refractivity contribution in [3.05, 3.63) is 84.4 Å². The highest BCUT2D eigenvalue weighted by atomic mass is 15.2. The third-order valence-corrected chi connectivity index (χ3v) is 6.11. The Hall–Kier alpha value is -3.12. The Bertz CT molecular complexity index is 983. The number of nitrogens with zero attached hydrogens (tertiary/aromatic N) is 4. The van der Waals surface area contributed by atoms with E-state index in [1.165, 1.54) is 11.1 Å². The van der Waals surface area contributed by atoms with Crippen LogP contribution in [0.15, 0.2) is 78.3 Å². The lowest BCUT2D eigenvalue weighted by Gasteiger charge is -2.38. The van der Waals surface area contributed by atoms with Gasteiger partial charge in [-0.15, -0.1) is 0 Å². The van der Waals surface area contributed by atoms with Crippen LogP contribution in [-0.2, 0) is 13.1 Å². The Balaban J connectivity index is 1.37. The van der Waals surface area contributed by atoms with Crippen LogP contribution in [0.2, 0.25) is 0 Å². The first-order valence-electron chi connectivity index (χ1n) is 11.6. The number of aromatic nitrogens is 2. The smallest absolute Gasteiger partial charge is 0.191 e. The molecule has 6 heteroatoms. The Morgan fingerprint density at radius 2 is 1.94 bits per heavy atom. The monoisotopic (exact) mass is 430 g/mol. The van der Waals surface area contributed by atoms with Gasteiger partial charge in [-0.05, 0) is 43.9 Å². The molecule has 0 amide bonds. The van der Waals surface area contributed by atoms with E-state index in [1.807, 2.05) is 17.1 Å². The highest BCUT2D eigenvalue weighted by molar-refractivity contribution is 5.80. The molecule has 2 unspecified atom stereocenters. The Morgan fingerprint density at radius 1 is 1.12 bits per heavy atom. The van der Waals surface area contributed by atoms with Gasteiger partial charge in [0.25, 0.3) is 0 Å². The van der Waals surface area contributed by atoms with Crippen molar-refractivity contribution in [2.45, 2.75) is 51.9 Å². The largest absolute Gasteiger partial charge is 0.357 e. The van der Waals surface area contributed by atoms with Crippen LogP contribution in [0.3, 0.4) is 0 Å². The lowest BCUT2D eigenvalue weighted by molar-refractivity contribution is 0.134. The summed E-state index contributed by atoms with van der Waals surface area (Å²) in [6.07, 6.45) is 7.83. The molecule has 0 aliphatic carbocycles. The van der Waals surface area contributed by atoms with Crippen LogP contribution in [0, 0.1) is 0 Å². The minimum atomic E-state index is 0.429. The fourth-order valence-corrected chi connectivity index (χ4v) is 4.38. The molecule has 1 aliphatic heterocycles. The van der Waals surface area contributed by atoms with E-state index in [9.17, 15) is 0 Å². The number of aliphatic imine (C=N–C) groups is 1. The molecule has 0 spiro atoms. The predicted octanol–water partition coefficient (Wildman–Crippen LogP) is 3.98. The van der Waals surface area contributed by atoms with Gasteiger partial charge in [0.15, 0.2) is 5.96 Å². The molecule has 0 radical (unpaired) electrons. The van der Waals surface area contributed by atoms with Crippen molar-refractivity contribution in [1.29, 1.82) is 0 Å². The summed E-state index contributed by atoms with van der Waals surface area (Å²) in [5, 5.41) is 7.12. The maximum atomic E-state index is 4.91. The van der Waals surface area contributed by atoms with Crippen LogP contribution in [0.5, 0.6) is 0 Å². The van der Waals surface area contributed by atoms with Gasteiger partial charge in [-0.3, -0.25) is 4.90 Å². The SMILES string of the molecule is CCNC(=NCc1ccccc1-n1ccnc1)NC1CCN(Cc2ccccc2)C(C)C1. The van der Waals surface area contributed by atoms with E-state index in [4.69, 9.17) is 4.99 Å². The molecule has 2 N–H and O–H groups in total. The van der Waals surface area contributed by atoms with Gasteiger partial charge in [0.05, 0.1) is 18.6 Å². The number of nitrogens with one attached hydrogen (secondary N) is 2. The molecule has 1 saturated heterocycles. The van der Waals surface area contributed by atoms with Crippen LogP contribution in [0.25, 0.3) is 5.69 Å². The third-order valence-electron chi connectivity index (χ3n) is 6.11. The number of likely N-dealkylation sites (tertiary alicyclic amines) is 1. The van der Waals surface area contributed by atoms with Gasteiger partial charge in [-0.25, -0.2) is 9.98 Å². The van der Waals surface area contributed by atoms with Crippen LogP contribution < -0.4 is 10.6 Å². The minimum absolute atomic E-state index is 0.429. The number of piperidine rings is 1. The topological polar surface area (TPSA) is 57.5 Å². The van der Waals surface area contributed by atoms with Gasteiger partial charge < -0.3 is 15.2 Å². The van der Waals surface area contributed by atoms with Gasteiger partial charge in [0.1, 0.15) is 0 Å². The van der Waals surface area contributed by atoms with Gasteiger partial charge in [0.2, 0.25) is 0 Å². The molecule has 168 valence electrons. The van der Waals surface area contributed by atoms with Gasteiger partial charge >= 0.3 is 0 Å². The number of guanidine groups is 1. The molecule has 1 fully saturated rings. The highest BCUT2D eigenvalue weighted by Crippen LogP contribution is 2.20. The maximum absolute atomic E-state index is 4.91. The van der Waals surface area contributed by atoms with Crippen molar-refractivity contribution in [3.63, 3.8) is 0 Å². The van der Waals surface area contributed by atoms with E-state index >= 15 is 0 Å². The summed E-state index contributed by atoms with van der Waals surface area (Å²) in [5.74, 6) is 0.890. The molecule has 6 nitrogen and oxygen atoms in total. The fraction of sp³-hybridized carbons (Fsp3) is 0.385. The summed E-state index contributed by atoms with van der Waals surface area (Å²) in [6, 6.07) is 20.1. The first-order valence-corrected chi connectivity index (χ1v) is 11.6. The fourth-order valence-electron chi connectivity index (χ4n) is 4.38. The lowest BCUT2D eigenvalue weighted by Crippen LogP contribution is -2.51. The molecule has 1 aliphatic rings. The van der Waals surface area contributed by atoms with Gasteiger partial charge in [-0.2, -0.15) is 0 Å². The van der Waals surface area contributed by atoms with Crippen LogP contribution >= 0.6 is 0 Å². The van der Waals surface area contributed by atoms with E-state index in [-0.39, 0.29) is 0 Å². The molecular formula is C26H34N6. The molecular weight excluding hydrogens is 396 g/mol. The van der Waals surface area contributed by atoms with Gasteiger partial charge in [0, 0.05) is 44.1 Å². The van der Waals surface area contributed by atoms with E-state index in [2.05, 4.69) is 89.0 Å². The number of imidazole rings is 1.